The fourth-order valence-electron chi connectivity index (χ4n) is 3.26. The largest absolute Gasteiger partial charge is 0.344 e. The molecule has 1 amide bonds. The molecule has 1 aliphatic heterocycles. The number of rotatable bonds is 3. The zero-order valence-electron chi connectivity index (χ0n) is 12.6. The molecule has 1 N–H and O–H groups in total. The molecule has 114 valence electrons. The molecule has 1 aromatic rings. The third-order valence-electron chi connectivity index (χ3n) is 4.49. The lowest BCUT2D eigenvalue weighted by Crippen LogP contribution is -2.28. The third-order valence-corrected chi connectivity index (χ3v) is 4.49. The van der Waals surface area contributed by atoms with Crippen LogP contribution in [0.5, 0.6) is 0 Å². The maximum absolute atomic E-state index is 12.4. The van der Waals surface area contributed by atoms with E-state index in [9.17, 15) is 4.79 Å². The van der Waals surface area contributed by atoms with Gasteiger partial charge in [0.05, 0.1) is 13.2 Å². The van der Waals surface area contributed by atoms with Gasteiger partial charge in [0.15, 0.2) is 5.79 Å². The average molecular weight is 289 g/mol. The van der Waals surface area contributed by atoms with E-state index in [2.05, 4.69) is 5.32 Å². The van der Waals surface area contributed by atoms with Gasteiger partial charge in [0.1, 0.15) is 0 Å². The minimum atomic E-state index is -0.754. The summed E-state index contributed by atoms with van der Waals surface area (Å²) in [5.74, 6) is -0.482. The van der Waals surface area contributed by atoms with Gasteiger partial charge >= 0.3 is 0 Å². The van der Waals surface area contributed by atoms with Crippen molar-refractivity contribution in [3.8, 4) is 0 Å². The van der Waals surface area contributed by atoms with Gasteiger partial charge in [-0.25, -0.2) is 0 Å². The van der Waals surface area contributed by atoms with Crippen molar-refractivity contribution in [1.29, 1.82) is 0 Å². The van der Waals surface area contributed by atoms with E-state index in [1.807, 2.05) is 31.2 Å². The Bertz CT molecular complexity index is 503. The van der Waals surface area contributed by atoms with Crippen molar-refractivity contribution < 1.29 is 14.3 Å². The number of hydrogen-bond acceptors (Lipinski definition) is 3. The van der Waals surface area contributed by atoms with Crippen LogP contribution in [-0.4, -0.2) is 19.1 Å². The second-order valence-electron chi connectivity index (χ2n) is 6.01. The Hall–Kier alpha value is -1.39. The van der Waals surface area contributed by atoms with Gasteiger partial charge in [-0.2, -0.15) is 0 Å². The molecule has 3 rings (SSSR count). The van der Waals surface area contributed by atoms with E-state index < -0.39 is 5.79 Å². The summed E-state index contributed by atoms with van der Waals surface area (Å²) >= 11 is 0. The normalized spacial score (nSPS) is 22.1. The van der Waals surface area contributed by atoms with Crippen molar-refractivity contribution >= 4 is 11.6 Å². The van der Waals surface area contributed by atoms with E-state index in [0.29, 0.717) is 13.2 Å². The highest BCUT2D eigenvalue weighted by Gasteiger charge is 2.35. The Kier molecular flexibility index (Phi) is 4.27. The summed E-state index contributed by atoms with van der Waals surface area (Å²) in [6.07, 6.45) is 5.56. The predicted octanol–water partition coefficient (Wildman–Crippen LogP) is 3.42. The topological polar surface area (TPSA) is 47.6 Å². The van der Waals surface area contributed by atoms with Gasteiger partial charge in [0.25, 0.3) is 0 Å². The van der Waals surface area contributed by atoms with Crippen LogP contribution in [-0.2, 0) is 20.1 Å². The van der Waals surface area contributed by atoms with Crippen molar-refractivity contribution in [3.05, 3.63) is 29.8 Å². The summed E-state index contributed by atoms with van der Waals surface area (Å²) < 4.78 is 11.4. The van der Waals surface area contributed by atoms with Crippen LogP contribution in [0.15, 0.2) is 24.3 Å². The highest BCUT2D eigenvalue weighted by Crippen LogP contribution is 2.36. The highest BCUT2D eigenvalue weighted by atomic mass is 16.7. The zero-order valence-corrected chi connectivity index (χ0v) is 12.6. The van der Waals surface area contributed by atoms with E-state index >= 15 is 0 Å². The third kappa shape index (κ3) is 3.11. The molecule has 1 heterocycles. The second-order valence-corrected chi connectivity index (χ2v) is 6.01. The standard InChI is InChI=1S/C17H23NO3/c1-17(20-11-12-21-17)14-9-5-6-10-15(14)18-16(19)13-7-3-2-4-8-13/h5-6,9-10,13H,2-4,7-8,11-12H2,1H3,(H,18,19). The van der Waals surface area contributed by atoms with Crippen molar-refractivity contribution in [2.45, 2.75) is 44.8 Å². The van der Waals surface area contributed by atoms with Gasteiger partial charge in [-0.1, -0.05) is 37.5 Å². The summed E-state index contributed by atoms with van der Waals surface area (Å²) in [6, 6.07) is 7.76. The van der Waals surface area contributed by atoms with Gasteiger partial charge in [-0.3, -0.25) is 4.79 Å². The quantitative estimate of drug-likeness (QED) is 0.927. The van der Waals surface area contributed by atoms with E-state index in [4.69, 9.17) is 9.47 Å². The smallest absolute Gasteiger partial charge is 0.227 e. The molecule has 0 spiro atoms. The molecule has 0 unspecified atom stereocenters. The van der Waals surface area contributed by atoms with Crippen molar-refractivity contribution in [1.82, 2.24) is 0 Å². The fourth-order valence-corrected chi connectivity index (χ4v) is 3.26. The Labute approximate surface area is 125 Å². The Balaban J connectivity index is 1.77. The van der Waals surface area contributed by atoms with E-state index in [-0.39, 0.29) is 11.8 Å². The van der Waals surface area contributed by atoms with E-state index in [1.165, 1.54) is 6.42 Å². The fraction of sp³-hybridized carbons (Fsp3) is 0.588. The first kappa shape index (κ1) is 14.5. The average Bonchev–Trinajstić information content (AvgIpc) is 2.96. The number of carbonyl (C=O) groups is 1. The number of carbonyl (C=O) groups excluding carboxylic acids is 1. The summed E-state index contributed by atoms with van der Waals surface area (Å²) in [5, 5.41) is 3.08. The van der Waals surface area contributed by atoms with Crippen molar-refractivity contribution in [2.24, 2.45) is 5.92 Å². The van der Waals surface area contributed by atoms with Crippen LogP contribution in [0.4, 0.5) is 5.69 Å². The first-order valence-electron chi connectivity index (χ1n) is 7.87. The zero-order chi connectivity index (χ0) is 14.7. The number of nitrogens with one attached hydrogen (secondary N) is 1. The van der Waals surface area contributed by atoms with Crippen LogP contribution in [0.1, 0.15) is 44.6 Å². The van der Waals surface area contributed by atoms with E-state index in [1.54, 1.807) is 0 Å². The molecule has 0 atom stereocenters. The molecular weight excluding hydrogens is 266 g/mol. The summed E-state index contributed by atoms with van der Waals surface area (Å²) in [4.78, 5) is 12.4. The van der Waals surface area contributed by atoms with Gasteiger partial charge in [-0.05, 0) is 25.8 Å². The predicted molar refractivity (Wildman–Crippen MR) is 80.9 cm³/mol. The van der Waals surface area contributed by atoms with Gasteiger partial charge < -0.3 is 14.8 Å². The maximum Gasteiger partial charge on any atom is 0.227 e. The number of ether oxygens (including phenoxy) is 2. The molecule has 4 nitrogen and oxygen atoms in total. The van der Waals surface area contributed by atoms with Crippen molar-refractivity contribution in [3.63, 3.8) is 0 Å². The van der Waals surface area contributed by atoms with E-state index in [0.717, 1.165) is 36.9 Å². The van der Waals surface area contributed by atoms with Crippen molar-refractivity contribution in [2.75, 3.05) is 18.5 Å². The molecule has 1 saturated carbocycles. The minimum absolute atomic E-state index is 0.128. The SMILES string of the molecule is CC1(c2ccccc2NC(=O)C2CCCCC2)OCCO1. The maximum atomic E-state index is 12.4. The van der Waals surface area contributed by atoms with Crippen LogP contribution in [0.3, 0.4) is 0 Å². The number of amides is 1. The molecule has 1 aromatic carbocycles. The number of para-hydroxylation sites is 1. The van der Waals surface area contributed by atoms with Gasteiger partial charge in [0, 0.05) is 17.2 Å². The molecule has 0 aromatic heterocycles. The van der Waals surface area contributed by atoms with Crippen LogP contribution in [0, 0.1) is 5.92 Å². The Morgan fingerprint density at radius 3 is 2.52 bits per heavy atom. The molecule has 2 fully saturated rings. The minimum Gasteiger partial charge on any atom is -0.344 e. The molecule has 2 aliphatic rings. The first-order valence-corrected chi connectivity index (χ1v) is 7.87. The molecule has 1 aliphatic carbocycles. The van der Waals surface area contributed by atoms with Crippen LogP contribution < -0.4 is 5.32 Å². The number of hydrogen-bond donors (Lipinski definition) is 1. The molecule has 0 radical (unpaired) electrons. The lowest BCUT2D eigenvalue weighted by Gasteiger charge is -2.27. The second kappa shape index (κ2) is 6.16. The number of benzene rings is 1. The molecule has 0 bridgehead atoms. The summed E-state index contributed by atoms with van der Waals surface area (Å²) in [7, 11) is 0. The molecule has 4 heteroatoms. The summed E-state index contributed by atoms with van der Waals surface area (Å²) in [5.41, 5.74) is 1.70. The molecule has 1 saturated heterocycles. The first-order chi connectivity index (χ1) is 10.2. The number of anilines is 1. The van der Waals surface area contributed by atoms with Gasteiger partial charge in [-0.15, -0.1) is 0 Å². The Morgan fingerprint density at radius 2 is 1.81 bits per heavy atom. The lowest BCUT2D eigenvalue weighted by molar-refractivity contribution is -0.149. The monoisotopic (exact) mass is 289 g/mol. The Morgan fingerprint density at radius 1 is 1.14 bits per heavy atom. The van der Waals surface area contributed by atoms with Gasteiger partial charge in [0.2, 0.25) is 5.91 Å². The van der Waals surface area contributed by atoms with Crippen LogP contribution >= 0.6 is 0 Å². The van der Waals surface area contributed by atoms with Crippen LogP contribution in [0.2, 0.25) is 0 Å². The molecule has 21 heavy (non-hydrogen) atoms. The molecular formula is C17H23NO3. The lowest BCUT2D eigenvalue weighted by atomic mass is 9.88. The summed E-state index contributed by atoms with van der Waals surface area (Å²) in [6.45, 7) is 3.08. The highest BCUT2D eigenvalue weighted by molar-refractivity contribution is 5.93. The van der Waals surface area contributed by atoms with Crippen LogP contribution in [0.25, 0.3) is 0 Å².